The molecule has 0 spiro atoms. The van der Waals surface area contributed by atoms with Crippen LogP contribution in [0, 0.1) is 11.7 Å². The molecule has 3 nitrogen and oxygen atoms in total. The molecular weight excluding hydrogens is 257 g/mol. The summed E-state index contributed by atoms with van der Waals surface area (Å²) in [6.45, 7) is 8.28. The number of carbonyl (C=O) groups excluding carboxylic acids is 1. The van der Waals surface area contributed by atoms with E-state index in [0.29, 0.717) is 12.5 Å². The van der Waals surface area contributed by atoms with Gasteiger partial charge in [0.05, 0.1) is 6.04 Å². The summed E-state index contributed by atoms with van der Waals surface area (Å²) in [5, 5.41) is 0. The zero-order valence-electron chi connectivity index (χ0n) is 12.5. The minimum absolute atomic E-state index is 0.111. The topological polar surface area (TPSA) is 29.5 Å². The van der Waals surface area contributed by atoms with Gasteiger partial charge in [0.15, 0.2) is 0 Å². The van der Waals surface area contributed by atoms with E-state index in [4.69, 9.17) is 4.74 Å². The molecule has 4 heteroatoms. The highest BCUT2D eigenvalue weighted by atomic mass is 19.1. The standard InChI is InChI=1S/C16H22FNO2/c1-11-8-9-18(15(19)20-16(2,3)4)14(11)12-6-5-7-13(17)10-12/h5-7,10-11,14H,8-9H2,1-4H3/t11-,14-/m1/s1. The van der Waals surface area contributed by atoms with Gasteiger partial charge in [0.2, 0.25) is 0 Å². The number of likely N-dealkylation sites (tertiary alicyclic amines) is 1. The molecule has 0 N–H and O–H groups in total. The number of hydrogen-bond donors (Lipinski definition) is 0. The summed E-state index contributed by atoms with van der Waals surface area (Å²) in [5.41, 5.74) is 0.316. The summed E-state index contributed by atoms with van der Waals surface area (Å²) in [6.07, 6.45) is 0.580. The lowest BCUT2D eigenvalue weighted by Gasteiger charge is -2.30. The van der Waals surface area contributed by atoms with Gasteiger partial charge in [-0.25, -0.2) is 9.18 Å². The minimum Gasteiger partial charge on any atom is -0.444 e. The first kappa shape index (κ1) is 14.8. The van der Waals surface area contributed by atoms with E-state index in [9.17, 15) is 9.18 Å². The fourth-order valence-corrected chi connectivity index (χ4v) is 2.67. The molecule has 2 atom stereocenters. The van der Waals surface area contributed by atoms with Gasteiger partial charge in [-0.05, 0) is 50.8 Å². The van der Waals surface area contributed by atoms with Crippen molar-refractivity contribution >= 4 is 6.09 Å². The van der Waals surface area contributed by atoms with Gasteiger partial charge in [-0.1, -0.05) is 19.1 Å². The van der Waals surface area contributed by atoms with Gasteiger partial charge < -0.3 is 9.64 Å². The van der Waals surface area contributed by atoms with E-state index in [1.54, 1.807) is 11.0 Å². The number of halogens is 1. The van der Waals surface area contributed by atoms with E-state index in [-0.39, 0.29) is 18.0 Å². The molecule has 2 rings (SSSR count). The molecule has 0 aromatic heterocycles. The number of nitrogens with zero attached hydrogens (tertiary/aromatic N) is 1. The van der Waals surface area contributed by atoms with E-state index >= 15 is 0 Å². The number of amides is 1. The fourth-order valence-electron chi connectivity index (χ4n) is 2.67. The third kappa shape index (κ3) is 3.30. The molecule has 0 bridgehead atoms. The van der Waals surface area contributed by atoms with Crippen molar-refractivity contribution in [2.24, 2.45) is 5.92 Å². The Bertz CT molecular complexity index is 495. The summed E-state index contributed by atoms with van der Waals surface area (Å²) in [4.78, 5) is 14.0. The van der Waals surface area contributed by atoms with Crippen LogP contribution in [0.4, 0.5) is 9.18 Å². The lowest BCUT2D eigenvalue weighted by Crippen LogP contribution is -2.37. The van der Waals surface area contributed by atoms with Crippen molar-refractivity contribution in [2.75, 3.05) is 6.54 Å². The highest BCUT2D eigenvalue weighted by Gasteiger charge is 2.37. The van der Waals surface area contributed by atoms with Gasteiger partial charge in [0.25, 0.3) is 0 Å². The zero-order valence-corrected chi connectivity index (χ0v) is 12.5. The summed E-state index contributed by atoms with van der Waals surface area (Å²) < 4.78 is 18.9. The molecule has 0 saturated carbocycles. The first-order chi connectivity index (χ1) is 9.28. The SMILES string of the molecule is C[C@@H]1CCN(C(=O)OC(C)(C)C)[C@H]1c1cccc(F)c1. The summed E-state index contributed by atoms with van der Waals surface area (Å²) >= 11 is 0. The number of rotatable bonds is 1. The van der Waals surface area contributed by atoms with Gasteiger partial charge in [-0.3, -0.25) is 0 Å². The Morgan fingerprint density at radius 3 is 2.70 bits per heavy atom. The third-order valence-electron chi connectivity index (χ3n) is 3.52. The molecule has 20 heavy (non-hydrogen) atoms. The average molecular weight is 279 g/mol. The molecule has 110 valence electrons. The molecule has 1 amide bonds. The normalized spacial score (nSPS) is 22.9. The number of benzene rings is 1. The van der Waals surface area contributed by atoms with Crippen molar-refractivity contribution in [2.45, 2.75) is 45.8 Å². The van der Waals surface area contributed by atoms with Gasteiger partial charge >= 0.3 is 6.09 Å². The molecule has 1 aliphatic heterocycles. The quantitative estimate of drug-likeness (QED) is 0.773. The van der Waals surface area contributed by atoms with Gasteiger partial charge in [-0.15, -0.1) is 0 Å². The van der Waals surface area contributed by atoms with Crippen molar-refractivity contribution < 1.29 is 13.9 Å². The maximum absolute atomic E-state index is 13.4. The predicted octanol–water partition coefficient (Wildman–Crippen LogP) is 4.14. The van der Waals surface area contributed by atoms with Crippen molar-refractivity contribution in [3.63, 3.8) is 0 Å². The van der Waals surface area contributed by atoms with Crippen LogP contribution in [-0.4, -0.2) is 23.1 Å². The van der Waals surface area contributed by atoms with E-state index in [1.807, 2.05) is 26.8 Å². The molecule has 0 aliphatic carbocycles. The predicted molar refractivity (Wildman–Crippen MR) is 75.9 cm³/mol. The molecule has 1 heterocycles. The van der Waals surface area contributed by atoms with Crippen LogP contribution in [0.3, 0.4) is 0 Å². The lowest BCUT2D eigenvalue weighted by atomic mass is 9.95. The number of carbonyl (C=O) groups is 1. The van der Waals surface area contributed by atoms with Crippen LogP contribution in [0.5, 0.6) is 0 Å². The van der Waals surface area contributed by atoms with Crippen LogP contribution in [0.25, 0.3) is 0 Å². The first-order valence-corrected chi connectivity index (χ1v) is 7.03. The van der Waals surface area contributed by atoms with Crippen molar-refractivity contribution in [1.82, 2.24) is 4.90 Å². The van der Waals surface area contributed by atoms with Crippen molar-refractivity contribution in [3.8, 4) is 0 Å². The van der Waals surface area contributed by atoms with E-state index in [2.05, 4.69) is 6.92 Å². The van der Waals surface area contributed by atoms with Gasteiger partial charge in [0.1, 0.15) is 11.4 Å². The zero-order chi connectivity index (χ0) is 14.9. The van der Waals surface area contributed by atoms with Crippen molar-refractivity contribution in [3.05, 3.63) is 35.6 Å². The molecular formula is C16H22FNO2. The van der Waals surface area contributed by atoms with Crippen LogP contribution in [0.1, 0.15) is 45.7 Å². The Morgan fingerprint density at radius 1 is 1.40 bits per heavy atom. The second-order valence-electron chi connectivity index (χ2n) is 6.44. The second kappa shape index (κ2) is 5.43. The third-order valence-corrected chi connectivity index (χ3v) is 3.52. The number of hydrogen-bond acceptors (Lipinski definition) is 2. The molecule has 1 fully saturated rings. The highest BCUT2D eigenvalue weighted by Crippen LogP contribution is 2.37. The highest BCUT2D eigenvalue weighted by molar-refractivity contribution is 5.69. The smallest absolute Gasteiger partial charge is 0.410 e. The maximum Gasteiger partial charge on any atom is 0.410 e. The van der Waals surface area contributed by atoms with Crippen LogP contribution < -0.4 is 0 Å². The largest absolute Gasteiger partial charge is 0.444 e. The van der Waals surface area contributed by atoms with Gasteiger partial charge in [-0.2, -0.15) is 0 Å². The fraction of sp³-hybridized carbons (Fsp3) is 0.562. The monoisotopic (exact) mass is 279 g/mol. The Hall–Kier alpha value is -1.58. The van der Waals surface area contributed by atoms with Crippen LogP contribution in [0.15, 0.2) is 24.3 Å². The molecule has 1 saturated heterocycles. The summed E-state index contributed by atoms with van der Waals surface area (Å²) in [7, 11) is 0. The van der Waals surface area contributed by atoms with E-state index < -0.39 is 5.60 Å². The summed E-state index contributed by atoms with van der Waals surface area (Å²) in [5.74, 6) is 0.0232. The Labute approximate surface area is 119 Å². The molecule has 1 aromatic rings. The van der Waals surface area contributed by atoms with Crippen LogP contribution in [-0.2, 0) is 4.74 Å². The lowest BCUT2D eigenvalue weighted by molar-refractivity contribution is 0.0208. The first-order valence-electron chi connectivity index (χ1n) is 7.03. The van der Waals surface area contributed by atoms with Crippen LogP contribution in [0.2, 0.25) is 0 Å². The average Bonchev–Trinajstić information content (AvgIpc) is 2.69. The van der Waals surface area contributed by atoms with E-state index in [0.717, 1.165) is 12.0 Å². The van der Waals surface area contributed by atoms with Crippen LogP contribution >= 0.6 is 0 Å². The van der Waals surface area contributed by atoms with Gasteiger partial charge in [0, 0.05) is 6.54 Å². The summed E-state index contributed by atoms with van der Waals surface area (Å²) in [6, 6.07) is 6.36. The molecule has 1 aliphatic rings. The molecule has 0 radical (unpaired) electrons. The Balaban J connectivity index is 2.23. The van der Waals surface area contributed by atoms with E-state index in [1.165, 1.54) is 12.1 Å². The minimum atomic E-state index is -0.518. The molecule has 0 unspecified atom stereocenters. The van der Waals surface area contributed by atoms with Crippen molar-refractivity contribution in [1.29, 1.82) is 0 Å². The number of ether oxygens (including phenoxy) is 1. The Kier molecular flexibility index (Phi) is 4.02. The molecule has 1 aromatic carbocycles. The second-order valence-corrected chi connectivity index (χ2v) is 6.44. The maximum atomic E-state index is 13.4. The Morgan fingerprint density at radius 2 is 2.10 bits per heavy atom.